The van der Waals surface area contributed by atoms with Gasteiger partial charge >= 0.3 is 5.69 Å². The number of para-hydroxylation sites is 2. The predicted octanol–water partition coefficient (Wildman–Crippen LogP) is 3.44. The van der Waals surface area contributed by atoms with Crippen molar-refractivity contribution in [3.8, 4) is 16.9 Å². The normalized spacial score (nSPS) is 10.8. The first-order chi connectivity index (χ1) is 14.2. The van der Waals surface area contributed by atoms with Gasteiger partial charge in [0.1, 0.15) is 5.75 Å². The molecule has 4 aromatic rings. The highest BCUT2D eigenvalue weighted by Crippen LogP contribution is 2.30. The minimum absolute atomic E-state index is 0.184. The number of amides is 1. The molecule has 6 nitrogen and oxygen atoms in total. The number of aromatic nitrogens is 2. The van der Waals surface area contributed by atoms with E-state index in [9.17, 15) is 9.59 Å². The van der Waals surface area contributed by atoms with Crippen LogP contribution in [0.4, 0.5) is 0 Å². The number of imidazole rings is 1. The zero-order chi connectivity index (χ0) is 20.2. The van der Waals surface area contributed by atoms with E-state index in [1.807, 2.05) is 60.7 Å². The smallest absolute Gasteiger partial charge is 0.326 e. The van der Waals surface area contributed by atoms with E-state index in [0.29, 0.717) is 24.4 Å². The maximum absolute atomic E-state index is 12.7. The van der Waals surface area contributed by atoms with Crippen LogP contribution in [0.2, 0.25) is 0 Å². The zero-order valence-corrected chi connectivity index (χ0v) is 16.0. The van der Waals surface area contributed by atoms with Crippen molar-refractivity contribution in [2.75, 3.05) is 13.7 Å². The molecule has 1 amide bonds. The number of hydrogen-bond acceptors (Lipinski definition) is 3. The van der Waals surface area contributed by atoms with Gasteiger partial charge in [0, 0.05) is 24.2 Å². The molecule has 6 heteroatoms. The number of benzene rings is 3. The molecule has 4 rings (SSSR count). The van der Waals surface area contributed by atoms with Gasteiger partial charge in [-0.2, -0.15) is 0 Å². The fourth-order valence-electron chi connectivity index (χ4n) is 3.40. The largest absolute Gasteiger partial charge is 0.496 e. The third-order valence-electron chi connectivity index (χ3n) is 4.85. The molecule has 0 radical (unpaired) electrons. The third-order valence-corrected chi connectivity index (χ3v) is 4.85. The lowest BCUT2D eigenvalue weighted by Crippen LogP contribution is -2.30. The van der Waals surface area contributed by atoms with Gasteiger partial charge in [-0.05, 0) is 35.9 Å². The summed E-state index contributed by atoms with van der Waals surface area (Å²) in [6, 6.07) is 22.6. The number of fused-ring (bicyclic) bond motifs is 1. The monoisotopic (exact) mass is 387 g/mol. The summed E-state index contributed by atoms with van der Waals surface area (Å²) >= 11 is 0. The van der Waals surface area contributed by atoms with Crippen LogP contribution in [0.1, 0.15) is 10.4 Å². The van der Waals surface area contributed by atoms with Gasteiger partial charge < -0.3 is 15.0 Å². The van der Waals surface area contributed by atoms with Crippen LogP contribution in [-0.4, -0.2) is 29.1 Å². The van der Waals surface area contributed by atoms with E-state index in [1.165, 1.54) is 0 Å². The molecule has 0 saturated carbocycles. The summed E-state index contributed by atoms with van der Waals surface area (Å²) in [5.74, 6) is 0.510. The van der Waals surface area contributed by atoms with Gasteiger partial charge in [-0.1, -0.05) is 42.5 Å². The number of methoxy groups -OCH3 is 1. The van der Waals surface area contributed by atoms with E-state index in [2.05, 4.69) is 10.3 Å². The highest BCUT2D eigenvalue weighted by Gasteiger charge is 2.12. The van der Waals surface area contributed by atoms with Crippen LogP contribution in [0, 0.1) is 0 Å². The molecule has 0 atom stereocenters. The van der Waals surface area contributed by atoms with E-state index in [-0.39, 0.29) is 11.6 Å². The van der Waals surface area contributed by atoms with Crippen LogP contribution in [0.3, 0.4) is 0 Å². The average molecular weight is 387 g/mol. The molecule has 0 saturated heterocycles. The van der Waals surface area contributed by atoms with E-state index in [0.717, 1.165) is 22.2 Å². The zero-order valence-electron chi connectivity index (χ0n) is 16.0. The molecule has 0 aliphatic carbocycles. The SMILES string of the molecule is COc1ccc(C(=O)NCCn2c(=O)[nH]c3ccccc32)cc1-c1ccccc1. The number of H-pyrrole nitrogens is 1. The van der Waals surface area contributed by atoms with Crippen molar-refractivity contribution in [1.29, 1.82) is 0 Å². The number of hydrogen-bond donors (Lipinski definition) is 2. The maximum atomic E-state index is 12.7. The molecule has 2 N–H and O–H groups in total. The highest BCUT2D eigenvalue weighted by atomic mass is 16.5. The Hall–Kier alpha value is -3.80. The molecule has 0 unspecified atom stereocenters. The maximum Gasteiger partial charge on any atom is 0.326 e. The van der Waals surface area contributed by atoms with E-state index < -0.39 is 0 Å². The lowest BCUT2D eigenvalue weighted by Gasteiger charge is -2.12. The van der Waals surface area contributed by atoms with Crippen LogP contribution >= 0.6 is 0 Å². The highest BCUT2D eigenvalue weighted by molar-refractivity contribution is 5.96. The van der Waals surface area contributed by atoms with Crippen molar-refractivity contribution >= 4 is 16.9 Å². The van der Waals surface area contributed by atoms with Crippen molar-refractivity contribution in [2.45, 2.75) is 6.54 Å². The van der Waals surface area contributed by atoms with Crippen molar-refractivity contribution < 1.29 is 9.53 Å². The quantitative estimate of drug-likeness (QED) is 0.532. The molecular formula is C23H21N3O3. The fraction of sp³-hybridized carbons (Fsp3) is 0.130. The number of ether oxygens (including phenoxy) is 1. The molecule has 146 valence electrons. The molecule has 29 heavy (non-hydrogen) atoms. The Morgan fingerprint density at radius 1 is 1.03 bits per heavy atom. The Labute approximate surface area is 167 Å². The molecule has 0 spiro atoms. The predicted molar refractivity (Wildman–Crippen MR) is 113 cm³/mol. The van der Waals surface area contributed by atoms with E-state index in [4.69, 9.17) is 4.74 Å². The van der Waals surface area contributed by atoms with Gasteiger partial charge in [-0.15, -0.1) is 0 Å². The molecular weight excluding hydrogens is 366 g/mol. The summed E-state index contributed by atoms with van der Waals surface area (Å²) in [5.41, 5.74) is 3.79. The number of carbonyl (C=O) groups excluding carboxylic acids is 1. The van der Waals surface area contributed by atoms with Crippen LogP contribution < -0.4 is 15.7 Å². The van der Waals surface area contributed by atoms with Gasteiger partial charge in [0.25, 0.3) is 5.91 Å². The third kappa shape index (κ3) is 3.78. The molecule has 1 aromatic heterocycles. The lowest BCUT2D eigenvalue weighted by molar-refractivity contribution is 0.0952. The Morgan fingerprint density at radius 2 is 1.79 bits per heavy atom. The van der Waals surface area contributed by atoms with Gasteiger partial charge in [0.15, 0.2) is 0 Å². The number of rotatable bonds is 6. The summed E-state index contributed by atoms with van der Waals surface area (Å²) in [5, 5.41) is 2.89. The first-order valence-electron chi connectivity index (χ1n) is 9.36. The van der Waals surface area contributed by atoms with Crippen molar-refractivity contribution in [3.63, 3.8) is 0 Å². The van der Waals surface area contributed by atoms with Gasteiger partial charge in [0.05, 0.1) is 18.1 Å². The van der Waals surface area contributed by atoms with Gasteiger partial charge in [0.2, 0.25) is 0 Å². The Bertz CT molecular complexity index is 1210. The van der Waals surface area contributed by atoms with Crippen LogP contribution in [0.5, 0.6) is 5.75 Å². The summed E-state index contributed by atoms with van der Waals surface area (Å²) in [4.78, 5) is 27.6. The number of carbonyl (C=O) groups is 1. The first kappa shape index (κ1) is 18.6. The summed E-state index contributed by atoms with van der Waals surface area (Å²) < 4.78 is 7.07. The Balaban J connectivity index is 1.50. The summed E-state index contributed by atoms with van der Waals surface area (Å²) in [7, 11) is 1.61. The van der Waals surface area contributed by atoms with Gasteiger partial charge in [-0.3, -0.25) is 9.36 Å². The van der Waals surface area contributed by atoms with Crippen LogP contribution in [0.15, 0.2) is 77.6 Å². The average Bonchev–Trinajstić information content (AvgIpc) is 3.09. The van der Waals surface area contributed by atoms with E-state index >= 15 is 0 Å². The van der Waals surface area contributed by atoms with Crippen molar-refractivity contribution in [3.05, 3.63) is 88.8 Å². The van der Waals surface area contributed by atoms with Crippen molar-refractivity contribution in [1.82, 2.24) is 14.9 Å². The fourth-order valence-corrected chi connectivity index (χ4v) is 3.40. The van der Waals surface area contributed by atoms with Gasteiger partial charge in [-0.25, -0.2) is 4.79 Å². The molecule has 3 aromatic carbocycles. The molecule has 1 heterocycles. The molecule has 0 aliphatic rings. The van der Waals surface area contributed by atoms with Crippen LogP contribution in [0.25, 0.3) is 22.2 Å². The Kier molecular flexibility index (Phi) is 5.16. The topological polar surface area (TPSA) is 76.1 Å². The minimum atomic E-state index is -0.197. The molecule has 0 bridgehead atoms. The van der Waals surface area contributed by atoms with Crippen molar-refractivity contribution in [2.24, 2.45) is 0 Å². The summed E-state index contributed by atoms with van der Waals surface area (Å²) in [6.45, 7) is 0.726. The Morgan fingerprint density at radius 3 is 2.59 bits per heavy atom. The second-order valence-corrected chi connectivity index (χ2v) is 6.64. The summed E-state index contributed by atoms with van der Waals surface area (Å²) in [6.07, 6.45) is 0. The number of nitrogens with zero attached hydrogens (tertiary/aromatic N) is 1. The minimum Gasteiger partial charge on any atom is -0.496 e. The first-order valence-corrected chi connectivity index (χ1v) is 9.36. The van der Waals surface area contributed by atoms with Crippen LogP contribution in [-0.2, 0) is 6.54 Å². The second-order valence-electron chi connectivity index (χ2n) is 6.64. The molecule has 0 fully saturated rings. The van der Waals surface area contributed by atoms with E-state index in [1.54, 1.807) is 23.8 Å². The molecule has 0 aliphatic heterocycles. The standard InChI is InChI=1S/C23H21N3O3/c1-29-21-12-11-17(15-18(21)16-7-3-2-4-8-16)22(27)24-13-14-26-20-10-6-5-9-19(20)25-23(26)28/h2-12,15H,13-14H2,1H3,(H,24,27)(H,25,28). The second kappa shape index (κ2) is 8.06. The number of nitrogens with one attached hydrogen (secondary N) is 2. The number of aromatic amines is 1. The lowest BCUT2D eigenvalue weighted by atomic mass is 10.0.